The molecule has 0 saturated carbocycles. The summed E-state index contributed by atoms with van der Waals surface area (Å²) in [5, 5.41) is 13.5. The number of carboxylic acids is 1. The third-order valence-corrected chi connectivity index (χ3v) is 5.91. The minimum Gasteiger partial charge on any atom is -0.476 e. The van der Waals surface area contributed by atoms with Gasteiger partial charge in [0.05, 0.1) is 6.54 Å². The van der Waals surface area contributed by atoms with Gasteiger partial charge in [-0.05, 0) is 35.7 Å². The Morgan fingerprint density at radius 2 is 1.93 bits per heavy atom. The molecule has 0 unspecified atom stereocenters. The van der Waals surface area contributed by atoms with Gasteiger partial charge in [-0.2, -0.15) is 0 Å². The summed E-state index contributed by atoms with van der Waals surface area (Å²) in [5.74, 6) is -0.990. The van der Waals surface area contributed by atoms with Crippen molar-refractivity contribution in [3.63, 3.8) is 0 Å². The topological polar surface area (TPSA) is 69.2 Å². The Hall–Kier alpha value is -2.67. The standard InChI is InChI=1S/C22H20ClN3O2S/c23-17-7-5-15(6-8-17)12-26(13-21-25-20(14-29-21)22(27)28)10-9-16-11-24-19-4-2-1-3-18(16)19/h1-8,11,14,24H,9-10,12-13H2,(H,27,28). The van der Waals surface area contributed by atoms with Gasteiger partial charge >= 0.3 is 5.97 Å². The summed E-state index contributed by atoms with van der Waals surface area (Å²) in [6.07, 6.45) is 2.95. The van der Waals surface area contributed by atoms with Crippen LogP contribution in [0.25, 0.3) is 10.9 Å². The molecule has 148 valence electrons. The van der Waals surface area contributed by atoms with Crippen molar-refractivity contribution in [1.29, 1.82) is 0 Å². The second-order valence-corrected chi connectivity index (χ2v) is 8.26. The highest BCUT2D eigenvalue weighted by Crippen LogP contribution is 2.20. The molecular formula is C22H20ClN3O2S. The number of rotatable bonds is 8. The molecule has 2 aromatic carbocycles. The van der Waals surface area contributed by atoms with Crippen LogP contribution in [0.4, 0.5) is 0 Å². The smallest absolute Gasteiger partial charge is 0.355 e. The molecule has 0 bridgehead atoms. The molecular weight excluding hydrogens is 406 g/mol. The van der Waals surface area contributed by atoms with E-state index in [1.165, 1.54) is 22.3 Å². The van der Waals surface area contributed by atoms with Crippen LogP contribution in [0, 0.1) is 0 Å². The molecule has 2 aromatic heterocycles. The number of carbonyl (C=O) groups is 1. The van der Waals surface area contributed by atoms with Crippen molar-refractivity contribution >= 4 is 39.8 Å². The zero-order valence-corrected chi connectivity index (χ0v) is 17.2. The number of hydrogen-bond acceptors (Lipinski definition) is 4. The molecule has 0 aliphatic heterocycles. The lowest BCUT2D eigenvalue weighted by Crippen LogP contribution is -2.25. The first-order valence-corrected chi connectivity index (χ1v) is 10.5. The van der Waals surface area contributed by atoms with E-state index >= 15 is 0 Å². The van der Waals surface area contributed by atoms with Gasteiger partial charge < -0.3 is 10.1 Å². The van der Waals surface area contributed by atoms with Crippen LogP contribution in [0.5, 0.6) is 0 Å². The van der Waals surface area contributed by atoms with Gasteiger partial charge in [0, 0.05) is 40.6 Å². The lowest BCUT2D eigenvalue weighted by molar-refractivity contribution is 0.0691. The van der Waals surface area contributed by atoms with Crippen molar-refractivity contribution < 1.29 is 9.90 Å². The number of carboxylic acid groups (broad SMARTS) is 1. The Labute approximate surface area is 177 Å². The summed E-state index contributed by atoms with van der Waals surface area (Å²) in [5.41, 5.74) is 3.67. The van der Waals surface area contributed by atoms with Crippen molar-refractivity contribution in [2.45, 2.75) is 19.5 Å². The Morgan fingerprint density at radius 1 is 1.14 bits per heavy atom. The lowest BCUT2D eigenvalue weighted by Gasteiger charge is -2.21. The van der Waals surface area contributed by atoms with Crippen LogP contribution in [0.2, 0.25) is 5.02 Å². The number of aromatic amines is 1. The lowest BCUT2D eigenvalue weighted by atomic mass is 10.1. The van der Waals surface area contributed by atoms with Crippen LogP contribution in [0.3, 0.4) is 0 Å². The molecule has 0 aliphatic rings. The highest BCUT2D eigenvalue weighted by Gasteiger charge is 2.14. The summed E-state index contributed by atoms with van der Waals surface area (Å²) in [4.78, 5) is 21.0. The van der Waals surface area contributed by atoms with Gasteiger partial charge in [0.1, 0.15) is 5.01 Å². The van der Waals surface area contributed by atoms with E-state index in [0.717, 1.165) is 35.6 Å². The number of nitrogens with one attached hydrogen (secondary N) is 1. The van der Waals surface area contributed by atoms with Crippen molar-refractivity contribution in [3.8, 4) is 0 Å². The van der Waals surface area contributed by atoms with Crippen LogP contribution >= 0.6 is 22.9 Å². The molecule has 0 fully saturated rings. The zero-order chi connectivity index (χ0) is 20.2. The van der Waals surface area contributed by atoms with E-state index in [2.05, 4.69) is 33.2 Å². The molecule has 0 spiro atoms. The molecule has 2 N–H and O–H groups in total. The molecule has 4 rings (SSSR count). The quantitative estimate of drug-likeness (QED) is 0.406. The second-order valence-electron chi connectivity index (χ2n) is 6.88. The Balaban J connectivity index is 1.51. The van der Waals surface area contributed by atoms with Crippen molar-refractivity contribution in [1.82, 2.24) is 14.9 Å². The maximum Gasteiger partial charge on any atom is 0.355 e. The molecule has 5 nitrogen and oxygen atoms in total. The number of H-pyrrole nitrogens is 1. The minimum atomic E-state index is -0.990. The predicted molar refractivity (Wildman–Crippen MR) is 117 cm³/mol. The van der Waals surface area contributed by atoms with E-state index in [9.17, 15) is 4.79 Å². The maximum absolute atomic E-state index is 11.1. The van der Waals surface area contributed by atoms with Crippen LogP contribution in [0.15, 0.2) is 60.1 Å². The Morgan fingerprint density at radius 3 is 2.69 bits per heavy atom. The van der Waals surface area contributed by atoms with Gasteiger partial charge in [0.15, 0.2) is 5.69 Å². The minimum absolute atomic E-state index is 0.105. The fourth-order valence-electron chi connectivity index (χ4n) is 3.35. The van der Waals surface area contributed by atoms with Gasteiger partial charge in [-0.1, -0.05) is 41.9 Å². The fraction of sp³-hybridized carbons (Fsp3) is 0.182. The van der Waals surface area contributed by atoms with Gasteiger partial charge in [0.2, 0.25) is 0 Å². The molecule has 0 aliphatic carbocycles. The Bertz CT molecular complexity index is 1120. The van der Waals surface area contributed by atoms with E-state index in [-0.39, 0.29) is 5.69 Å². The van der Waals surface area contributed by atoms with Crippen LogP contribution in [0.1, 0.15) is 26.6 Å². The third kappa shape index (κ3) is 4.85. The van der Waals surface area contributed by atoms with E-state index in [0.29, 0.717) is 11.6 Å². The van der Waals surface area contributed by atoms with Crippen molar-refractivity contribution in [2.75, 3.05) is 6.54 Å². The highest BCUT2D eigenvalue weighted by atomic mass is 35.5. The number of halogens is 1. The zero-order valence-electron chi connectivity index (χ0n) is 15.6. The van der Waals surface area contributed by atoms with Crippen molar-refractivity contribution in [2.24, 2.45) is 0 Å². The largest absolute Gasteiger partial charge is 0.476 e. The van der Waals surface area contributed by atoms with E-state index in [4.69, 9.17) is 16.7 Å². The normalized spacial score (nSPS) is 11.4. The molecule has 29 heavy (non-hydrogen) atoms. The summed E-state index contributed by atoms with van der Waals surface area (Å²) >= 11 is 7.40. The number of aromatic carboxylic acids is 1. The fourth-order valence-corrected chi connectivity index (χ4v) is 4.29. The number of benzene rings is 2. The van der Waals surface area contributed by atoms with Crippen molar-refractivity contribution in [3.05, 3.63) is 87.0 Å². The first kappa shape index (κ1) is 19.6. The maximum atomic E-state index is 11.1. The number of nitrogens with zero attached hydrogens (tertiary/aromatic N) is 2. The van der Waals surface area contributed by atoms with E-state index < -0.39 is 5.97 Å². The number of hydrogen-bond donors (Lipinski definition) is 2. The predicted octanol–water partition coefficient (Wildman–Crippen LogP) is 5.22. The first-order chi connectivity index (χ1) is 14.1. The average molecular weight is 426 g/mol. The molecule has 4 aromatic rings. The molecule has 0 atom stereocenters. The highest BCUT2D eigenvalue weighted by molar-refractivity contribution is 7.09. The van der Waals surface area contributed by atoms with E-state index in [1.54, 1.807) is 5.38 Å². The average Bonchev–Trinajstić information content (AvgIpc) is 3.35. The molecule has 0 amide bonds. The van der Waals surface area contributed by atoms with E-state index in [1.807, 2.05) is 36.4 Å². The van der Waals surface area contributed by atoms with Gasteiger partial charge in [-0.3, -0.25) is 4.90 Å². The summed E-state index contributed by atoms with van der Waals surface area (Å²) in [7, 11) is 0. The van der Waals surface area contributed by atoms with Crippen LogP contribution < -0.4 is 0 Å². The van der Waals surface area contributed by atoms with Crippen LogP contribution in [-0.2, 0) is 19.5 Å². The van der Waals surface area contributed by atoms with Gasteiger partial charge in [-0.15, -0.1) is 11.3 Å². The number of fused-ring (bicyclic) bond motifs is 1. The number of para-hydroxylation sites is 1. The van der Waals surface area contributed by atoms with Gasteiger partial charge in [-0.25, -0.2) is 9.78 Å². The molecule has 7 heteroatoms. The summed E-state index contributed by atoms with van der Waals surface area (Å²) in [6, 6.07) is 16.1. The second kappa shape index (κ2) is 8.78. The van der Waals surface area contributed by atoms with Crippen LogP contribution in [-0.4, -0.2) is 32.5 Å². The third-order valence-electron chi connectivity index (χ3n) is 4.82. The number of thiazole rings is 1. The molecule has 2 heterocycles. The first-order valence-electron chi connectivity index (χ1n) is 9.28. The SMILES string of the molecule is O=C(O)c1csc(CN(CCc2c[nH]c3ccccc23)Cc2ccc(Cl)cc2)n1. The van der Waals surface area contributed by atoms with Gasteiger partial charge in [0.25, 0.3) is 0 Å². The summed E-state index contributed by atoms with van der Waals surface area (Å²) < 4.78 is 0. The molecule has 0 radical (unpaired) electrons. The summed E-state index contributed by atoms with van der Waals surface area (Å²) in [6.45, 7) is 2.16. The number of aromatic nitrogens is 2. The molecule has 0 saturated heterocycles. The Kier molecular flexibility index (Phi) is 5.94. The monoisotopic (exact) mass is 425 g/mol.